The van der Waals surface area contributed by atoms with Crippen molar-refractivity contribution in [2.75, 3.05) is 25.7 Å². The van der Waals surface area contributed by atoms with Gasteiger partial charge in [0.05, 0.1) is 25.0 Å². The fourth-order valence-corrected chi connectivity index (χ4v) is 3.52. The average molecular weight is 450 g/mol. The first-order valence-corrected chi connectivity index (χ1v) is 10.8. The predicted octanol–water partition coefficient (Wildman–Crippen LogP) is 4.44. The maximum absolute atomic E-state index is 12.9. The van der Waals surface area contributed by atoms with Crippen molar-refractivity contribution in [3.05, 3.63) is 33.9 Å². The van der Waals surface area contributed by atoms with Crippen molar-refractivity contribution in [1.29, 1.82) is 0 Å². The van der Waals surface area contributed by atoms with Gasteiger partial charge in [-0.3, -0.25) is 9.59 Å². The van der Waals surface area contributed by atoms with Gasteiger partial charge >= 0.3 is 11.9 Å². The van der Waals surface area contributed by atoms with Crippen molar-refractivity contribution in [3.8, 4) is 5.75 Å². The zero-order valence-corrected chi connectivity index (χ0v) is 19.4. The molecule has 0 spiro atoms. The number of carbonyl (C=O) groups is 3. The molecule has 1 N–H and O–H groups in total. The molecule has 0 aromatic heterocycles. The molecule has 8 heteroatoms. The Hall–Kier alpha value is -2.90. The van der Waals surface area contributed by atoms with Crippen molar-refractivity contribution in [3.63, 3.8) is 0 Å². The highest BCUT2D eigenvalue weighted by Gasteiger charge is 2.32. The molecule has 1 aromatic carbocycles. The molecule has 0 fully saturated rings. The number of rotatable bonds is 11. The highest BCUT2D eigenvalue weighted by atomic mass is 19.1. The van der Waals surface area contributed by atoms with Crippen molar-refractivity contribution in [2.45, 2.75) is 60.0 Å². The Kier molecular flexibility index (Phi) is 9.23. The lowest BCUT2D eigenvalue weighted by atomic mass is 9.93. The first-order chi connectivity index (χ1) is 15.2. The van der Waals surface area contributed by atoms with Crippen LogP contribution in [-0.4, -0.2) is 38.2 Å². The summed E-state index contributed by atoms with van der Waals surface area (Å²) in [7, 11) is 1.50. The highest BCUT2D eigenvalue weighted by Crippen LogP contribution is 2.41. The predicted molar refractivity (Wildman–Crippen MR) is 119 cm³/mol. The van der Waals surface area contributed by atoms with Crippen LogP contribution in [0.4, 0.5) is 10.1 Å². The Morgan fingerprint density at radius 3 is 2.62 bits per heavy atom. The molecule has 0 aliphatic carbocycles. The minimum Gasteiger partial charge on any atom is -0.496 e. The third-order valence-corrected chi connectivity index (χ3v) is 5.40. The largest absolute Gasteiger partial charge is 0.496 e. The van der Waals surface area contributed by atoms with Crippen molar-refractivity contribution < 1.29 is 33.0 Å². The van der Waals surface area contributed by atoms with Gasteiger partial charge in [-0.2, -0.15) is 0 Å². The topological polar surface area (TPSA) is 90.9 Å². The van der Waals surface area contributed by atoms with Gasteiger partial charge < -0.3 is 19.5 Å². The number of anilines is 1. The normalized spacial score (nSPS) is 13.1. The second kappa shape index (κ2) is 11.6. The van der Waals surface area contributed by atoms with Crippen LogP contribution in [0, 0.1) is 12.8 Å². The Labute approximate surface area is 188 Å². The summed E-state index contributed by atoms with van der Waals surface area (Å²) in [4.78, 5) is 36.1. The van der Waals surface area contributed by atoms with E-state index in [1.807, 2.05) is 19.9 Å². The van der Waals surface area contributed by atoms with Crippen LogP contribution >= 0.6 is 0 Å². The molecule has 1 amide bonds. The van der Waals surface area contributed by atoms with Gasteiger partial charge in [-0.25, -0.2) is 9.18 Å². The molecule has 0 unspecified atom stereocenters. The molecule has 0 radical (unpaired) electrons. The van der Waals surface area contributed by atoms with Crippen LogP contribution in [0.2, 0.25) is 0 Å². The number of ether oxygens (including phenoxy) is 3. The quantitative estimate of drug-likeness (QED) is 0.397. The van der Waals surface area contributed by atoms with Gasteiger partial charge in [0.15, 0.2) is 6.67 Å². The zero-order chi connectivity index (χ0) is 23.8. The molecule has 0 saturated heterocycles. The Morgan fingerprint density at radius 1 is 1.28 bits per heavy atom. The number of methoxy groups -OCH3 is 1. The number of hydrogen-bond donors (Lipinski definition) is 1. The molecule has 1 aromatic rings. The molecule has 2 rings (SSSR count). The molecule has 0 bridgehead atoms. The van der Waals surface area contributed by atoms with Crippen LogP contribution < -0.4 is 10.1 Å². The molecule has 1 heterocycles. The van der Waals surface area contributed by atoms with E-state index in [0.29, 0.717) is 42.2 Å². The van der Waals surface area contributed by atoms with Crippen LogP contribution in [0.25, 0.3) is 0 Å². The number of alkyl halides is 1. The second-order valence-corrected chi connectivity index (χ2v) is 8.28. The molecule has 1 aliphatic rings. The molecule has 7 nitrogen and oxygen atoms in total. The van der Waals surface area contributed by atoms with Crippen LogP contribution in [0.15, 0.2) is 11.6 Å². The van der Waals surface area contributed by atoms with E-state index in [9.17, 15) is 18.8 Å². The molecular weight excluding hydrogens is 417 g/mol. The average Bonchev–Trinajstić information content (AvgIpc) is 3.14. The summed E-state index contributed by atoms with van der Waals surface area (Å²) in [6.45, 7) is 7.11. The summed E-state index contributed by atoms with van der Waals surface area (Å²) in [6.07, 6.45) is 3.82. The van der Waals surface area contributed by atoms with Gasteiger partial charge in [-0.05, 0) is 44.6 Å². The summed E-state index contributed by atoms with van der Waals surface area (Å²) in [5.41, 5.74) is 3.31. The smallest absolute Gasteiger partial charge is 0.341 e. The Balaban J connectivity index is 2.23. The number of allylic oxidation sites excluding steroid dienone is 2. The van der Waals surface area contributed by atoms with E-state index in [2.05, 4.69) is 19.2 Å². The van der Waals surface area contributed by atoms with E-state index in [4.69, 9.17) is 14.2 Å². The van der Waals surface area contributed by atoms with E-state index in [1.54, 1.807) is 0 Å². The van der Waals surface area contributed by atoms with Crippen LogP contribution in [0.1, 0.15) is 67.1 Å². The molecule has 1 aliphatic heterocycles. The van der Waals surface area contributed by atoms with E-state index < -0.39 is 18.6 Å². The molecule has 0 atom stereocenters. The van der Waals surface area contributed by atoms with Gasteiger partial charge in [-0.1, -0.05) is 25.5 Å². The molecule has 32 heavy (non-hydrogen) atoms. The lowest BCUT2D eigenvalue weighted by molar-refractivity contribution is -0.143. The van der Waals surface area contributed by atoms with Crippen LogP contribution in [0.3, 0.4) is 0 Å². The van der Waals surface area contributed by atoms with E-state index in [-0.39, 0.29) is 30.2 Å². The lowest BCUT2D eigenvalue weighted by Crippen LogP contribution is -2.18. The third kappa shape index (κ3) is 6.31. The first kappa shape index (κ1) is 25.4. The van der Waals surface area contributed by atoms with Gasteiger partial charge in [0.2, 0.25) is 0 Å². The fraction of sp³-hybridized carbons (Fsp3) is 0.542. The first-order valence-electron chi connectivity index (χ1n) is 10.8. The SMILES string of the molecule is COc1c(C)c2c(c(NC(=O)CF)c1CC=C(C)CCC(=O)OCCC(C)C)C(=O)OC2. The minimum absolute atomic E-state index is 0.0723. The number of fused-ring (bicyclic) bond motifs is 1. The highest BCUT2D eigenvalue weighted by molar-refractivity contribution is 6.06. The number of nitrogens with one attached hydrogen (secondary N) is 1. The van der Waals surface area contributed by atoms with Gasteiger partial charge in [-0.15, -0.1) is 0 Å². The number of halogens is 1. The standard InChI is InChI=1S/C24H32FNO6/c1-14(2)10-11-31-20(28)9-7-15(3)6-8-17-22(26-19(27)12-25)21-18(13-32-24(21)29)16(4)23(17)30-5/h6,14H,7-13H2,1-5H3,(H,26,27). The molecule has 0 saturated carbocycles. The van der Waals surface area contributed by atoms with Crippen molar-refractivity contribution in [1.82, 2.24) is 0 Å². The van der Waals surface area contributed by atoms with Crippen molar-refractivity contribution in [2.24, 2.45) is 5.92 Å². The minimum atomic E-state index is -1.22. The maximum Gasteiger partial charge on any atom is 0.341 e. The summed E-state index contributed by atoms with van der Waals surface area (Å²) >= 11 is 0. The van der Waals surface area contributed by atoms with Crippen LogP contribution in [0.5, 0.6) is 5.75 Å². The lowest BCUT2D eigenvalue weighted by Gasteiger charge is -2.19. The molecular formula is C24H32FNO6. The number of benzene rings is 1. The second-order valence-electron chi connectivity index (χ2n) is 8.28. The Bertz CT molecular complexity index is 906. The van der Waals surface area contributed by atoms with Gasteiger partial charge in [0.1, 0.15) is 12.4 Å². The third-order valence-electron chi connectivity index (χ3n) is 5.40. The van der Waals surface area contributed by atoms with Gasteiger partial charge in [0.25, 0.3) is 5.91 Å². The van der Waals surface area contributed by atoms with Crippen LogP contribution in [-0.2, 0) is 32.1 Å². The number of amides is 1. The van der Waals surface area contributed by atoms with Gasteiger partial charge in [0, 0.05) is 17.5 Å². The number of hydrogen-bond acceptors (Lipinski definition) is 6. The van der Waals surface area contributed by atoms with E-state index in [1.165, 1.54) is 7.11 Å². The zero-order valence-electron chi connectivity index (χ0n) is 19.4. The summed E-state index contributed by atoms with van der Waals surface area (Å²) in [5.74, 6) is -0.689. The Morgan fingerprint density at radius 2 is 2.00 bits per heavy atom. The monoisotopic (exact) mass is 449 g/mol. The van der Waals surface area contributed by atoms with E-state index >= 15 is 0 Å². The number of carbonyl (C=O) groups excluding carboxylic acids is 3. The maximum atomic E-state index is 12.9. The number of esters is 2. The number of cyclic esters (lactones) is 1. The summed E-state index contributed by atoms with van der Waals surface area (Å²) in [6, 6.07) is 0. The molecule has 176 valence electrons. The van der Waals surface area contributed by atoms with Crippen molar-refractivity contribution >= 4 is 23.5 Å². The summed E-state index contributed by atoms with van der Waals surface area (Å²) in [5, 5.41) is 2.50. The van der Waals surface area contributed by atoms with E-state index in [0.717, 1.165) is 17.6 Å². The fourth-order valence-electron chi connectivity index (χ4n) is 3.52. The summed E-state index contributed by atoms with van der Waals surface area (Å²) < 4.78 is 28.9.